The monoisotopic (exact) mass is 364 g/mol. The number of nitrogens with zero attached hydrogens (tertiary/aromatic N) is 1. The molecule has 1 fully saturated rings. The molecule has 0 unspecified atom stereocenters. The van der Waals surface area contributed by atoms with Crippen LogP contribution in [0.15, 0.2) is 18.2 Å². The summed E-state index contributed by atoms with van der Waals surface area (Å²) in [6.07, 6.45) is 4.73. The van der Waals surface area contributed by atoms with Crippen molar-refractivity contribution in [2.75, 3.05) is 14.2 Å². The first-order valence-corrected chi connectivity index (χ1v) is 8.63. The second-order valence-corrected chi connectivity index (χ2v) is 6.46. The fourth-order valence-corrected chi connectivity index (χ4v) is 3.32. The highest BCUT2D eigenvalue weighted by molar-refractivity contribution is 5.84. The molecule has 1 N–H and O–H groups in total. The van der Waals surface area contributed by atoms with Gasteiger partial charge in [0.05, 0.1) is 19.1 Å². The van der Waals surface area contributed by atoms with Crippen molar-refractivity contribution < 1.29 is 24.0 Å². The quantitative estimate of drug-likeness (QED) is 0.431. The molecule has 0 radical (unpaired) electrons. The van der Waals surface area contributed by atoms with Crippen molar-refractivity contribution in [3.63, 3.8) is 0 Å². The van der Waals surface area contributed by atoms with Crippen LogP contribution < -0.4 is 10.1 Å². The number of nitro benzene ring substituents is 1. The van der Waals surface area contributed by atoms with Crippen molar-refractivity contribution in [1.82, 2.24) is 5.32 Å². The predicted molar refractivity (Wildman–Crippen MR) is 93.9 cm³/mol. The number of rotatable bonds is 8. The molecule has 1 aliphatic carbocycles. The summed E-state index contributed by atoms with van der Waals surface area (Å²) in [4.78, 5) is 34.9. The lowest BCUT2D eigenvalue weighted by atomic mass is 10.0. The molecule has 1 aromatic rings. The van der Waals surface area contributed by atoms with E-state index in [-0.39, 0.29) is 18.0 Å². The topological polar surface area (TPSA) is 108 Å². The predicted octanol–water partition coefficient (Wildman–Crippen LogP) is 2.38. The Balaban J connectivity index is 2.14. The molecule has 8 heteroatoms. The third-order valence-corrected chi connectivity index (χ3v) is 4.67. The zero-order valence-electron chi connectivity index (χ0n) is 15.0. The summed E-state index contributed by atoms with van der Waals surface area (Å²) in [5, 5.41) is 13.7. The number of amides is 1. The Kier molecular flexibility index (Phi) is 6.94. The standard InChI is InChI=1S/C18H24N2O6/c1-25-16-8-7-14(20(23)24)10-13(16)11-15(18(22)26-2)19-17(21)9-12-5-3-4-6-12/h7-8,10,12,15H,3-6,9,11H2,1-2H3,(H,19,21)/t15-/m0/s1. The van der Waals surface area contributed by atoms with E-state index in [9.17, 15) is 19.7 Å². The molecule has 1 saturated carbocycles. The zero-order chi connectivity index (χ0) is 19.1. The van der Waals surface area contributed by atoms with Crippen LogP contribution in [0.1, 0.15) is 37.7 Å². The van der Waals surface area contributed by atoms with E-state index in [1.165, 1.54) is 32.4 Å². The lowest BCUT2D eigenvalue weighted by molar-refractivity contribution is -0.384. The lowest BCUT2D eigenvalue weighted by Crippen LogP contribution is -2.43. The Hall–Kier alpha value is -2.64. The molecule has 1 aromatic carbocycles. The van der Waals surface area contributed by atoms with Gasteiger partial charge in [-0.2, -0.15) is 0 Å². The maximum Gasteiger partial charge on any atom is 0.328 e. The molecule has 0 bridgehead atoms. The normalized spacial score (nSPS) is 15.3. The van der Waals surface area contributed by atoms with Gasteiger partial charge in [-0.3, -0.25) is 14.9 Å². The first-order valence-electron chi connectivity index (χ1n) is 8.63. The number of nitrogens with one attached hydrogen (secondary N) is 1. The summed E-state index contributed by atoms with van der Waals surface area (Å²) in [5.41, 5.74) is 0.347. The summed E-state index contributed by atoms with van der Waals surface area (Å²) in [5.74, 6) is -0.0507. The summed E-state index contributed by atoms with van der Waals surface area (Å²) in [6.45, 7) is 0. The van der Waals surface area contributed by atoms with Crippen LogP contribution in [-0.4, -0.2) is 37.1 Å². The van der Waals surface area contributed by atoms with Crippen LogP contribution in [0.5, 0.6) is 5.75 Å². The highest BCUT2D eigenvalue weighted by Crippen LogP contribution is 2.28. The first-order chi connectivity index (χ1) is 12.4. The average molecular weight is 364 g/mol. The number of benzene rings is 1. The second-order valence-electron chi connectivity index (χ2n) is 6.46. The number of esters is 1. The first kappa shape index (κ1) is 19.7. The number of nitro groups is 1. The second kappa shape index (κ2) is 9.17. The Labute approximate surface area is 152 Å². The fourth-order valence-electron chi connectivity index (χ4n) is 3.32. The van der Waals surface area contributed by atoms with Crippen LogP contribution in [0.25, 0.3) is 0 Å². The van der Waals surface area contributed by atoms with Gasteiger partial charge in [0.1, 0.15) is 11.8 Å². The SMILES string of the molecule is COC(=O)[C@H](Cc1cc([N+](=O)[O-])ccc1OC)NC(=O)CC1CCCC1. The molecule has 142 valence electrons. The van der Waals surface area contributed by atoms with Crippen molar-refractivity contribution in [2.24, 2.45) is 5.92 Å². The molecule has 26 heavy (non-hydrogen) atoms. The van der Waals surface area contributed by atoms with Crippen molar-refractivity contribution in [3.05, 3.63) is 33.9 Å². The third kappa shape index (κ3) is 5.18. The molecular weight excluding hydrogens is 340 g/mol. The molecule has 0 spiro atoms. The van der Waals surface area contributed by atoms with Gasteiger partial charge < -0.3 is 14.8 Å². The van der Waals surface area contributed by atoms with E-state index in [4.69, 9.17) is 9.47 Å². The van der Waals surface area contributed by atoms with Crippen LogP contribution >= 0.6 is 0 Å². The molecule has 8 nitrogen and oxygen atoms in total. The van der Waals surface area contributed by atoms with Gasteiger partial charge in [0.25, 0.3) is 5.69 Å². The Bertz CT molecular complexity index is 670. The van der Waals surface area contributed by atoms with Crippen LogP contribution in [0.4, 0.5) is 5.69 Å². The molecule has 0 aromatic heterocycles. The van der Waals surface area contributed by atoms with Crippen molar-refractivity contribution in [1.29, 1.82) is 0 Å². The molecule has 0 heterocycles. The molecule has 1 amide bonds. The summed E-state index contributed by atoms with van der Waals surface area (Å²) >= 11 is 0. The van der Waals surface area contributed by atoms with Crippen molar-refractivity contribution in [2.45, 2.75) is 44.6 Å². The number of methoxy groups -OCH3 is 2. The van der Waals surface area contributed by atoms with E-state index < -0.39 is 16.9 Å². The highest BCUT2D eigenvalue weighted by atomic mass is 16.6. The van der Waals surface area contributed by atoms with Gasteiger partial charge in [-0.1, -0.05) is 12.8 Å². The van der Waals surface area contributed by atoms with Crippen molar-refractivity contribution in [3.8, 4) is 5.75 Å². The van der Waals surface area contributed by atoms with Gasteiger partial charge in [0.15, 0.2) is 0 Å². The highest BCUT2D eigenvalue weighted by Gasteiger charge is 2.26. The number of carbonyl (C=O) groups is 2. The molecule has 0 aliphatic heterocycles. The van der Waals surface area contributed by atoms with E-state index in [0.29, 0.717) is 23.7 Å². The van der Waals surface area contributed by atoms with Crippen LogP contribution in [0.3, 0.4) is 0 Å². The number of hydrogen-bond acceptors (Lipinski definition) is 6. The Morgan fingerprint density at radius 2 is 2.00 bits per heavy atom. The van der Waals surface area contributed by atoms with Gasteiger partial charge in [-0.25, -0.2) is 4.79 Å². The van der Waals surface area contributed by atoms with E-state index in [1.54, 1.807) is 0 Å². The number of hydrogen-bond donors (Lipinski definition) is 1. The van der Waals surface area contributed by atoms with Gasteiger partial charge in [0.2, 0.25) is 5.91 Å². The van der Waals surface area contributed by atoms with E-state index in [0.717, 1.165) is 25.7 Å². The maximum atomic E-state index is 12.3. The molecule has 1 aliphatic rings. The maximum absolute atomic E-state index is 12.3. The Morgan fingerprint density at radius 1 is 1.31 bits per heavy atom. The summed E-state index contributed by atoms with van der Waals surface area (Å²) in [6, 6.07) is 3.22. The summed E-state index contributed by atoms with van der Waals surface area (Å²) < 4.78 is 10.00. The minimum atomic E-state index is -0.926. The minimum absolute atomic E-state index is 0.0495. The third-order valence-electron chi connectivity index (χ3n) is 4.67. The molecule has 2 rings (SSSR count). The van der Waals surface area contributed by atoms with Gasteiger partial charge in [0, 0.05) is 30.5 Å². The van der Waals surface area contributed by atoms with E-state index >= 15 is 0 Å². The zero-order valence-corrected chi connectivity index (χ0v) is 15.0. The van der Waals surface area contributed by atoms with Crippen LogP contribution in [0.2, 0.25) is 0 Å². The Morgan fingerprint density at radius 3 is 2.58 bits per heavy atom. The van der Waals surface area contributed by atoms with Crippen LogP contribution in [-0.2, 0) is 20.7 Å². The van der Waals surface area contributed by atoms with E-state index in [1.807, 2.05) is 0 Å². The van der Waals surface area contributed by atoms with Gasteiger partial charge >= 0.3 is 5.97 Å². The van der Waals surface area contributed by atoms with Crippen molar-refractivity contribution >= 4 is 17.6 Å². The van der Waals surface area contributed by atoms with Gasteiger partial charge in [-0.05, 0) is 24.8 Å². The average Bonchev–Trinajstić information content (AvgIpc) is 3.13. The number of ether oxygens (including phenoxy) is 2. The smallest absolute Gasteiger partial charge is 0.328 e. The van der Waals surface area contributed by atoms with Gasteiger partial charge in [-0.15, -0.1) is 0 Å². The number of non-ortho nitro benzene ring substituents is 1. The minimum Gasteiger partial charge on any atom is -0.496 e. The largest absolute Gasteiger partial charge is 0.496 e. The van der Waals surface area contributed by atoms with E-state index in [2.05, 4.69) is 5.32 Å². The molecular formula is C18H24N2O6. The lowest BCUT2D eigenvalue weighted by Gasteiger charge is -2.19. The number of carbonyl (C=O) groups excluding carboxylic acids is 2. The molecule has 1 atom stereocenters. The fraction of sp³-hybridized carbons (Fsp3) is 0.556. The molecule has 0 saturated heterocycles. The van der Waals surface area contributed by atoms with Crippen LogP contribution in [0, 0.1) is 16.0 Å². The summed E-state index contributed by atoms with van der Waals surface area (Å²) in [7, 11) is 2.68.